The molecule has 138 valence electrons. The summed E-state index contributed by atoms with van der Waals surface area (Å²) >= 11 is 5.90. The monoisotopic (exact) mass is 379 g/mol. The topological polar surface area (TPSA) is 38.3 Å². The predicted molar refractivity (Wildman–Crippen MR) is 109 cm³/mol. The Labute approximate surface area is 164 Å². The Morgan fingerprint density at radius 1 is 0.926 bits per heavy atom. The predicted octanol–water partition coefficient (Wildman–Crippen LogP) is 5.32. The van der Waals surface area contributed by atoms with Gasteiger partial charge in [0, 0.05) is 5.02 Å². The van der Waals surface area contributed by atoms with E-state index in [0.29, 0.717) is 10.8 Å². The number of benzene rings is 3. The highest BCUT2D eigenvalue weighted by molar-refractivity contribution is 6.30. The number of amides is 1. The lowest BCUT2D eigenvalue weighted by atomic mass is 9.95. The van der Waals surface area contributed by atoms with Crippen molar-refractivity contribution in [3.8, 4) is 5.75 Å². The van der Waals surface area contributed by atoms with E-state index >= 15 is 0 Å². The van der Waals surface area contributed by atoms with E-state index in [0.717, 1.165) is 16.7 Å². The first-order valence-electron chi connectivity index (χ1n) is 8.87. The summed E-state index contributed by atoms with van der Waals surface area (Å²) in [6.07, 6.45) is -0.638. The molecular formula is C23H22ClNO2. The van der Waals surface area contributed by atoms with Crippen LogP contribution in [0, 0.1) is 6.92 Å². The Morgan fingerprint density at radius 3 is 2.22 bits per heavy atom. The van der Waals surface area contributed by atoms with Gasteiger partial charge in [-0.05, 0) is 54.8 Å². The van der Waals surface area contributed by atoms with Gasteiger partial charge in [0.1, 0.15) is 5.75 Å². The van der Waals surface area contributed by atoms with Crippen LogP contribution in [0.2, 0.25) is 5.02 Å². The summed E-state index contributed by atoms with van der Waals surface area (Å²) in [4.78, 5) is 12.8. The van der Waals surface area contributed by atoms with Gasteiger partial charge in [0.2, 0.25) is 0 Å². The van der Waals surface area contributed by atoms with Gasteiger partial charge in [0.25, 0.3) is 5.91 Å². The summed E-state index contributed by atoms with van der Waals surface area (Å²) in [5.74, 6) is 0.427. The summed E-state index contributed by atoms with van der Waals surface area (Å²) in [7, 11) is 0. The standard InChI is InChI=1S/C23H22ClNO2/c1-16-8-6-7-11-21(16)22(18-9-4-3-5-10-18)25-23(26)17(2)27-20-14-12-19(24)13-15-20/h3-15,17,22H,1-2H3,(H,25,26)/t17-,22-/m0/s1. The van der Waals surface area contributed by atoms with Crippen molar-refractivity contribution >= 4 is 17.5 Å². The van der Waals surface area contributed by atoms with Gasteiger partial charge in [-0.2, -0.15) is 0 Å². The maximum Gasteiger partial charge on any atom is 0.261 e. The number of rotatable bonds is 6. The molecule has 0 aliphatic heterocycles. The van der Waals surface area contributed by atoms with Gasteiger partial charge >= 0.3 is 0 Å². The average molecular weight is 380 g/mol. The molecule has 0 aromatic heterocycles. The minimum Gasteiger partial charge on any atom is -0.481 e. The number of ether oxygens (including phenoxy) is 1. The molecule has 3 nitrogen and oxygen atoms in total. The van der Waals surface area contributed by atoms with Crippen LogP contribution in [-0.4, -0.2) is 12.0 Å². The van der Waals surface area contributed by atoms with E-state index < -0.39 is 6.10 Å². The summed E-state index contributed by atoms with van der Waals surface area (Å²) in [6, 6.07) is 24.7. The second-order valence-corrected chi connectivity index (χ2v) is 6.86. The van der Waals surface area contributed by atoms with Crippen LogP contribution in [-0.2, 0) is 4.79 Å². The zero-order valence-corrected chi connectivity index (χ0v) is 16.1. The highest BCUT2D eigenvalue weighted by atomic mass is 35.5. The second-order valence-electron chi connectivity index (χ2n) is 6.42. The smallest absolute Gasteiger partial charge is 0.261 e. The van der Waals surface area contributed by atoms with E-state index in [1.165, 1.54) is 0 Å². The SMILES string of the molecule is Cc1ccccc1[C@@H](NC(=O)[C@H](C)Oc1ccc(Cl)cc1)c1ccccc1. The van der Waals surface area contributed by atoms with Crippen molar-refractivity contribution < 1.29 is 9.53 Å². The van der Waals surface area contributed by atoms with Crippen LogP contribution in [0.4, 0.5) is 0 Å². The first-order valence-corrected chi connectivity index (χ1v) is 9.25. The molecule has 3 aromatic carbocycles. The second kappa shape index (κ2) is 8.74. The zero-order valence-electron chi connectivity index (χ0n) is 15.4. The maximum atomic E-state index is 12.8. The summed E-state index contributed by atoms with van der Waals surface area (Å²) in [5, 5.41) is 3.76. The molecule has 0 bridgehead atoms. The Balaban J connectivity index is 1.80. The van der Waals surface area contributed by atoms with E-state index in [4.69, 9.17) is 16.3 Å². The Hall–Kier alpha value is -2.78. The lowest BCUT2D eigenvalue weighted by Gasteiger charge is -2.24. The molecule has 0 aliphatic rings. The summed E-state index contributed by atoms with van der Waals surface area (Å²) in [6.45, 7) is 3.79. The number of carbonyl (C=O) groups is 1. The van der Waals surface area contributed by atoms with E-state index in [9.17, 15) is 4.79 Å². The van der Waals surface area contributed by atoms with Crippen LogP contribution in [0.25, 0.3) is 0 Å². The molecule has 3 aromatic rings. The van der Waals surface area contributed by atoms with Crippen LogP contribution in [0.1, 0.15) is 29.7 Å². The van der Waals surface area contributed by atoms with Crippen LogP contribution in [0.15, 0.2) is 78.9 Å². The fourth-order valence-corrected chi connectivity index (χ4v) is 3.05. The minimum atomic E-state index is -0.638. The fraction of sp³-hybridized carbons (Fsp3) is 0.174. The normalized spacial score (nSPS) is 12.9. The van der Waals surface area contributed by atoms with E-state index in [1.807, 2.05) is 61.5 Å². The van der Waals surface area contributed by atoms with Gasteiger partial charge in [-0.3, -0.25) is 4.79 Å². The lowest BCUT2D eigenvalue weighted by Crippen LogP contribution is -2.39. The average Bonchev–Trinajstić information content (AvgIpc) is 2.69. The van der Waals surface area contributed by atoms with Crippen molar-refractivity contribution in [2.24, 2.45) is 0 Å². The van der Waals surface area contributed by atoms with Crippen molar-refractivity contribution in [3.63, 3.8) is 0 Å². The lowest BCUT2D eigenvalue weighted by molar-refractivity contribution is -0.127. The number of halogens is 1. The molecule has 27 heavy (non-hydrogen) atoms. The molecule has 0 radical (unpaired) electrons. The van der Waals surface area contributed by atoms with Gasteiger partial charge in [-0.25, -0.2) is 0 Å². The molecule has 4 heteroatoms. The number of aryl methyl sites for hydroxylation is 1. The number of nitrogens with one attached hydrogen (secondary N) is 1. The van der Waals surface area contributed by atoms with Gasteiger partial charge in [-0.1, -0.05) is 66.2 Å². The minimum absolute atomic E-state index is 0.179. The van der Waals surface area contributed by atoms with Crippen molar-refractivity contribution in [2.45, 2.75) is 26.0 Å². The van der Waals surface area contributed by atoms with Crippen molar-refractivity contribution in [1.82, 2.24) is 5.32 Å². The number of carbonyl (C=O) groups excluding carboxylic acids is 1. The molecular weight excluding hydrogens is 358 g/mol. The molecule has 1 N–H and O–H groups in total. The van der Waals surface area contributed by atoms with E-state index in [-0.39, 0.29) is 11.9 Å². The zero-order chi connectivity index (χ0) is 19.2. The van der Waals surface area contributed by atoms with Gasteiger partial charge in [-0.15, -0.1) is 0 Å². The Kier molecular flexibility index (Phi) is 6.15. The van der Waals surface area contributed by atoms with Crippen molar-refractivity contribution in [1.29, 1.82) is 0 Å². The van der Waals surface area contributed by atoms with Crippen LogP contribution in [0.5, 0.6) is 5.75 Å². The van der Waals surface area contributed by atoms with Gasteiger partial charge < -0.3 is 10.1 Å². The van der Waals surface area contributed by atoms with Crippen LogP contribution >= 0.6 is 11.6 Å². The molecule has 1 amide bonds. The van der Waals surface area contributed by atoms with Crippen molar-refractivity contribution in [3.05, 3.63) is 101 Å². The third-order valence-electron chi connectivity index (χ3n) is 4.41. The Bertz CT molecular complexity index is 894. The van der Waals surface area contributed by atoms with Crippen molar-refractivity contribution in [2.75, 3.05) is 0 Å². The largest absolute Gasteiger partial charge is 0.481 e. The number of hydrogen-bond donors (Lipinski definition) is 1. The molecule has 0 heterocycles. The van der Waals surface area contributed by atoms with Crippen LogP contribution in [0.3, 0.4) is 0 Å². The fourth-order valence-electron chi connectivity index (χ4n) is 2.93. The maximum absolute atomic E-state index is 12.8. The highest BCUT2D eigenvalue weighted by Gasteiger charge is 2.22. The highest BCUT2D eigenvalue weighted by Crippen LogP contribution is 2.25. The molecule has 0 unspecified atom stereocenters. The molecule has 0 saturated carbocycles. The molecule has 0 spiro atoms. The summed E-state index contributed by atoms with van der Waals surface area (Å²) < 4.78 is 5.76. The molecule has 0 fully saturated rings. The summed E-state index contributed by atoms with van der Waals surface area (Å²) in [5.41, 5.74) is 3.22. The van der Waals surface area contributed by atoms with Gasteiger partial charge in [0.15, 0.2) is 6.10 Å². The molecule has 0 saturated heterocycles. The quantitative estimate of drug-likeness (QED) is 0.629. The molecule has 3 rings (SSSR count). The molecule has 0 aliphatic carbocycles. The number of hydrogen-bond acceptors (Lipinski definition) is 2. The first-order chi connectivity index (χ1) is 13.0. The van der Waals surface area contributed by atoms with E-state index in [1.54, 1.807) is 31.2 Å². The third kappa shape index (κ3) is 4.89. The van der Waals surface area contributed by atoms with Crippen LogP contribution < -0.4 is 10.1 Å². The first kappa shape index (κ1) is 19.0. The third-order valence-corrected chi connectivity index (χ3v) is 4.67. The van der Waals surface area contributed by atoms with Gasteiger partial charge in [0.05, 0.1) is 6.04 Å². The molecule has 2 atom stereocenters. The van der Waals surface area contributed by atoms with E-state index in [2.05, 4.69) is 5.32 Å². The Morgan fingerprint density at radius 2 is 1.56 bits per heavy atom.